The van der Waals surface area contributed by atoms with E-state index in [1.54, 1.807) is 0 Å². The standard InChI is InChI=1S/C18H9Cl2F3N4O/c19-11-2-5-13(6-3-11)27-16(18(21,22)23)14(9-25-27)17(28)26-12-4-1-10(8-24)15(20)7-12/h1-7,9H,(H,26,28). The van der Waals surface area contributed by atoms with Gasteiger partial charge in [-0.25, -0.2) is 4.68 Å². The normalized spacial score (nSPS) is 11.1. The maximum atomic E-state index is 13.6. The Morgan fingerprint density at radius 3 is 2.39 bits per heavy atom. The quantitative estimate of drug-likeness (QED) is 0.618. The maximum Gasteiger partial charge on any atom is 0.434 e. The molecule has 0 radical (unpaired) electrons. The van der Waals surface area contributed by atoms with Crippen molar-refractivity contribution in [1.82, 2.24) is 9.78 Å². The number of rotatable bonds is 3. The second-order valence-electron chi connectivity index (χ2n) is 5.55. The number of aromatic nitrogens is 2. The molecule has 0 aliphatic carbocycles. The van der Waals surface area contributed by atoms with Crippen molar-refractivity contribution >= 4 is 34.8 Å². The van der Waals surface area contributed by atoms with Crippen LogP contribution in [-0.2, 0) is 6.18 Å². The lowest BCUT2D eigenvalue weighted by atomic mass is 10.2. The van der Waals surface area contributed by atoms with Gasteiger partial charge in [0.25, 0.3) is 5.91 Å². The molecular weight excluding hydrogens is 416 g/mol. The van der Waals surface area contributed by atoms with Crippen LogP contribution in [0.15, 0.2) is 48.7 Å². The van der Waals surface area contributed by atoms with Crippen LogP contribution in [0.1, 0.15) is 21.6 Å². The Morgan fingerprint density at radius 1 is 1.14 bits per heavy atom. The zero-order chi connectivity index (χ0) is 20.5. The van der Waals surface area contributed by atoms with Crippen LogP contribution >= 0.6 is 23.2 Å². The molecule has 1 amide bonds. The second-order valence-corrected chi connectivity index (χ2v) is 6.40. The molecule has 1 heterocycles. The molecule has 0 fully saturated rings. The maximum absolute atomic E-state index is 13.6. The lowest BCUT2D eigenvalue weighted by Crippen LogP contribution is -2.20. The average Bonchev–Trinajstić information content (AvgIpc) is 3.08. The topological polar surface area (TPSA) is 70.7 Å². The van der Waals surface area contributed by atoms with Gasteiger partial charge in [-0.1, -0.05) is 23.2 Å². The monoisotopic (exact) mass is 424 g/mol. The van der Waals surface area contributed by atoms with Gasteiger partial charge in [0.1, 0.15) is 6.07 Å². The third kappa shape index (κ3) is 3.96. The van der Waals surface area contributed by atoms with Crippen molar-refractivity contribution in [1.29, 1.82) is 5.26 Å². The molecule has 0 unspecified atom stereocenters. The van der Waals surface area contributed by atoms with E-state index >= 15 is 0 Å². The van der Waals surface area contributed by atoms with E-state index in [2.05, 4.69) is 10.4 Å². The Kier molecular flexibility index (Phi) is 5.31. The van der Waals surface area contributed by atoms with Crippen LogP contribution < -0.4 is 5.32 Å². The summed E-state index contributed by atoms with van der Waals surface area (Å²) in [6.07, 6.45) is -4.01. The first-order valence-corrected chi connectivity index (χ1v) is 8.38. The number of benzene rings is 2. The molecule has 0 spiro atoms. The molecule has 0 aliphatic rings. The number of halogens is 5. The second kappa shape index (κ2) is 7.54. The summed E-state index contributed by atoms with van der Waals surface area (Å²) in [6, 6.07) is 11.4. The molecule has 142 valence electrons. The van der Waals surface area contributed by atoms with Gasteiger partial charge < -0.3 is 5.32 Å². The van der Waals surface area contributed by atoms with Crippen LogP contribution in [0.5, 0.6) is 0 Å². The molecule has 3 aromatic rings. The third-order valence-electron chi connectivity index (χ3n) is 3.70. The van der Waals surface area contributed by atoms with Gasteiger partial charge in [0.15, 0.2) is 5.69 Å². The number of nitriles is 1. The molecular formula is C18H9Cl2F3N4O. The predicted molar refractivity (Wildman–Crippen MR) is 97.7 cm³/mol. The Morgan fingerprint density at radius 2 is 1.82 bits per heavy atom. The van der Waals surface area contributed by atoms with Gasteiger partial charge in [-0.15, -0.1) is 0 Å². The average molecular weight is 425 g/mol. The number of alkyl halides is 3. The van der Waals surface area contributed by atoms with Crippen molar-refractivity contribution in [2.45, 2.75) is 6.18 Å². The SMILES string of the molecule is N#Cc1ccc(NC(=O)c2cnn(-c3ccc(Cl)cc3)c2C(F)(F)F)cc1Cl. The minimum Gasteiger partial charge on any atom is -0.322 e. The summed E-state index contributed by atoms with van der Waals surface area (Å²) < 4.78 is 41.6. The fraction of sp³-hybridized carbons (Fsp3) is 0.0556. The predicted octanol–water partition coefficient (Wildman–Crippen LogP) is 5.32. The number of amides is 1. The van der Waals surface area contributed by atoms with Gasteiger partial charge in [-0.2, -0.15) is 23.5 Å². The highest BCUT2D eigenvalue weighted by molar-refractivity contribution is 6.32. The molecule has 0 saturated carbocycles. The fourth-order valence-corrected chi connectivity index (χ4v) is 2.80. The summed E-state index contributed by atoms with van der Waals surface area (Å²) in [5.74, 6) is -1.02. The highest BCUT2D eigenvalue weighted by Gasteiger charge is 2.40. The molecule has 0 atom stereocenters. The summed E-state index contributed by atoms with van der Waals surface area (Å²) in [5, 5.41) is 15.3. The number of carbonyl (C=O) groups is 1. The van der Waals surface area contributed by atoms with Crippen molar-refractivity contribution in [3.8, 4) is 11.8 Å². The minimum absolute atomic E-state index is 0.0632. The first-order valence-electron chi connectivity index (χ1n) is 7.63. The summed E-state index contributed by atoms with van der Waals surface area (Å²) in [4.78, 5) is 12.5. The first kappa shape index (κ1) is 19.7. The Bertz CT molecular complexity index is 1090. The number of hydrogen-bond donors (Lipinski definition) is 1. The zero-order valence-corrected chi connectivity index (χ0v) is 15.3. The smallest absolute Gasteiger partial charge is 0.322 e. The van der Waals surface area contributed by atoms with E-state index in [-0.39, 0.29) is 22.0 Å². The summed E-state index contributed by atoms with van der Waals surface area (Å²) in [7, 11) is 0. The van der Waals surface area contributed by atoms with Gasteiger partial charge in [0.2, 0.25) is 0 Å². The molecule has 0 bridgehead atoms. The Hall–Kier alpha value is -3.02. The molecule has 2 aromatic carbocycles. The largest absolute Gasteiger partial charge is 0.434 e. The van der Waals surface area contributed by atoms with Crippen molar-refractivity contribution in [2.75, 3.05) is 5.32 Å². The number of nitrogens with zero attached hydrogens (tertiary/aromatic N) is 3. The van der Waals surface area contributed by atoms with Crippen LogP contribution in [0.25, 0.3) is 5.69 Å². The van der Waals surface area contributed by atoms with Crippen LogP contribution in [0.2, 0.25) is 10.0 Å². The summed E-state index contributed by atoms with van der Waals surface area (Å²) in [6.45, 7) is 0. The molecule has 10 heteroatoms. The number of hydrogen-bond acceptors (Lipinski definition) is 3. The highest BCUT2D eigenvalue weighted by Crippen LogP contribution is 2.34. The Balaban J connectivity index is 2.00. The molecule has 0 aliphatic heterocycles. The lowest BCUT2D eigenvalue weighted by Gasteiger charge is -2.13. The van der Waals surface area contributed by atoms with Crippen molar-refractivity contribution in [3.05, 3.63) is 75.5 Å². The Labute approximate surface area is 166 Å². The van der Waals surface area contributed by atoms with E-state index in [0.717, 1.165) is 6.20 Å². The molecule has 3 rings (SSSR count). The third-order valence-corrected chi connectivity index (χ3v) is 4.27. The van der Waals surface area contributed by atoms with Gasteiger partial charge in [0, 0.05) is 10.7 Å². The van der Waals surface area contributed by atoms with E-state index in [0.29, 0.717) is 9.70 Å². The highest BCUT2D eigenvalue weighted by atomic mass is 35.5. The number of carbonyl (C=O) groups excluding carboxylic acids is 1. The summed E-state index contributed by atoms with van der Waals surface area (Å²) in [5.41, 5.74) is -1.49. The van der Waals surface area contributed by atoms with E-state index < -0.39 is 23.3 Å². The van der Waals surface area contributed by atoms with E-state index in [1.807, 2.05) is 6.07 Å². The molecule has 1 aromatic heterocycles. The van der Waals surface area contributed by atoms with E-state index in [4.69, 9.17) is 28.5 Å². The lowest BCUT2D eigenvalue weighted by molar-refractivity contribution is -0.143. The zero-order valence-electron chi connectivity index (χ0n) is 13.8. The molecule has 28 heavy (non-hydrogen) atoms. The van der Waals surface area contributed by atoms with Crippen molar-refractivity contribution in [2.24, 2.45) is 0 Å². The van der Waals surface area contributed by atoms with Gasteiger partial charge in [-0.3, -0.25) is 4.79 Å². The fourth-order valence-electron chi connectivity index (χ4n) is 2.45. The van der Waals surface area contributed by atoms with Gasteiger partial charge in [0.05, 0.1) is 28.0 Å². The van der Waals surface area contributed by atoms with E-state index in [1.165, 1.54) is 42.5 Å². The number of anilines is 1. The van der Waals surface area contributed by atoms with Crippen LogP contribution in [0.4, 0.5) is 18.9 Å². The molecule has 5 nitrogen and oxygen atoms in total. The van der Waals surface area contributed by atoms with Crippen LogP contribution in [0.3, 0.4) is 0 Å². The molecule has 0 saturated heterocycles. The molecule has 1 N–H and O–H groups in total. The number of nitrogens with one attached hydrogen (secondary N) is 1. The minimum atomic E-state index is -4.84. The van der Waals surface area contributed by atoms with E-state index in [9.17, 15) is 18.0 Å². The van der Waals surface area contributed by atoms with Crippen LogP contribution in [0, 0.1) is 11.3 Å². The van der Waals surface area contributed by atoms with Crippen molar-refractivity contribution < 1.29 is 18.0 Å². The first-order chi connectivity index (χ1) is 13.2. The van der Waals surface area contributed by atoms with Gasteiger partial charge in [-0.05, 0) is 42.5 Å². The van der Waals surface area contributed by atoms with Crippen molar-refractivity contribution in [3.63, 3.8) is 0 Å². The van der Waals surface area contributed by atoms with Crippen LogP contribution in [-0.4, -0.2) is 15.7 Å². The van der Waals surface area contributed by atoms with Gasteiger partial charge >= 0.3 is 6.18 Å². The summed E-state index contributed by atoms with van der Waals surface area (Å²) >= 11 is 11.6.